The minimum Gasteiger partial charge on any atom is -0.460 e. The first-order valence-electron chi connectivity index (χ1n) is 10.6. The zero-order chi connectivity index (χ0) is 21.3. The first kappa shape index (κ1) is 20.2. The molecule has 7 heteroatoms. The predicted octanol–water partition coefficient (Wildman–Crippen LogP) is 4.17. The zero-order valence-corrected chi connectivity index (χ0v) is 18.0. The summed E-state index contributed by atoms with van der Waals surface area (Å²) < 4.78 is 34.7. The van der Waals surface area contributed by atoms with Crippen LogP contribution >= 0.6 is 0 Å². The predicted molar refractivity (Wildman–Crippen MR) is 121 cm³/mol. The molecule has 1 aliphatic heterocycles. The Bertz CT molecular complexity index is 1280. The molecule has 1 saturated heterocycles. The second kappa shape index (κ2) is 8.42. The van der Waals surface area contributed by atoms with E-state index < -0.39 is 10.0 Å². The summed E-state index contributed by atoms with van der Waals surface area (Å²) in [6, 6.07) is 19.0. The second-order valence-electron chi connectivity index (χ2n) is 8.18. The van der Waals surface area contributed by atoms with Crippen LogP contribution in [-0.4, -0.2) is 37.9 Å². The van der Waals surface area contributed by atoms with Gasteiger partial charge in [-0.25, -0.2) is 13.1 Å². The van der Waals surface area contributed by atoms with Crippen molar-refractivity contribution >= 4 is 31.9 Å². The number of nitrogens with zero attached hydrogens (tertiary/aromatic N) is 2. The van der Waals surface area contributed by atoms with Crippen molar-refractivity contribution in [2.75, 3.05) is 19.6 Å². The molecule has 5 rings (SSSR count). The van der Waals surface area contributed by atoms with Gasteiger partial charge in [-0.05, 0) is 49.6 Å². The van der Waals surface area contributed by atoms with Gasteiger partial charge in [-0.3, -0.25) is 9.88 Å². The van der Waals surface area contributed by atoms with Crippen molar-refractivity contribution in [3.8, 4) is 0 Å². The van der Waals surface area contributed by atoms with Crippen molar-refractivity contribution in [3.63, 3.8) is 0 Å². The quantitative estimate of drug-likeness (QED) is 0.492. The summed E-state index contributed by atoms with van der Waals surface area (Å²) in [4.78, 5) is 6.86. The van der Waals surface area contributed by atoms with Gasteiger partial charge in [0.2, 0.25) is 10.0 Å². The van der Waals surface area contributed by atoms with Crippen molar-refractivity contribution in [2.45, 2.75) is 24.3 Å². The number of piperidine rings is 1. The van der Waals surface area contributed by atoms with E-state index >= 15 is 0 Å². The normalized spacial score (nSPS) is 18.0. The first-order chi connectivity index (χ1) is 15.1. The summed E-state index contributed by atoms with van der Waals surface area (Å²) in [5.41, 5.74) is 1.41. The van der Waals surface area contributed by atoms with E-state index in [1.165, 1.54) is 0 Å². The lowest BCUT2D eigenvalue weighted by molar-refractivity contribution is 0.159. The Labute approximate surface area is 181 Å². The highest BCUT2D eigenvalue weighted by atomic mass is 32.2. The number of nitrogens with one attached hydrogen (secondary N) is 1. The summed E-state index contributed by atoms with van der Waals surface area (Å²) in [7, 11) is -3.63. The van der Waals surface area contributed by atoms with Crippen molar-refractivity contribution < 1.29 is 12.8 Å². The van der Waals surface area contributed by atoms with E-state index in [4.69, 9.17) is 4.42 Å². The molecular weight excluding hydrogens is 410 g/mol. The average molecular weight is 436 g/mol. The number of hydrogen-bond acceptors (Lipinski definition) is 5. The van der Waals surface area contributed by atoms with Gasteiger partial charge in [-0.15, -0.1) is 0 Å². The zero-order valence-electron chi connectivity index (χ0n) is 17.2. The van der Waals surface area contributed by atoms with Gasteiger partial charge in [0.15, 0.2) is 0 Å². The van der Waals surface area contributed by atoms with Crippen LogP contribution in [0.25, 0.3) is 21.9 Å². The van der Waals surface area contributed by atoms with Crippen LogP contribution in [0.5, 0.6) is 0 Å². The van der Waals surface area contributed by atoms with E-state index in [1.807, 2.05) is 36.4 Å². The fourth-order valence-electron chi connectivity index (χ4n) is 4.40. The molecule has 160 valence electrons. The minimum absolute atomic E-state index is 0.237. The Hall–Kier alpha value is -2.74. The molecule has 31 heavy (non-hydrogen) atoms. The van der Waals surface area contributed by atoms with Crippen LogP contribution in [-0.2, 0) is 16.6 Å². The van der Waals surface area contributed by atoms with Gasteiger partial charge in [0, 0.05) is 30.1 Å². The molecule has 4 aromatic rings. The number of sulfonamides is 1. The van der Waals surface area contributed by atoms with Crippen LogP contribution in [0.4, 0.5) is 0 Å². The Morgan fingerprint density at radius 2 is 1.90 bits per heavy atom. The lowest BCUT2D eigenvalue weighted by Gasteiger charge is -2.32. The molecule has 2 aromatic heterocycles. The molecular formula is C24H25N3O3S. The topological polar surface area (TPSA) is 75.4 Å². The fraction of sp³-hybridized carbons (Fsp3) is 0.292. The van der Waals surface area contributed by atoms with Crippen LogP contribution < -0.4 is 4.72 Å². The fourth-order valence-corrected chi connectivity index (χ4v) is 5.69. The average Bonchev–Trinajstić information content (AvgIpc) is 3.20. The summed E-state index contributed by atoms with van der Waals surface area (Å²) in [6.45, 7) is 2.99. The minimum atomic E-state index is -3.63. The monoisotopic (exact) mass is 435 g/mol. The largest absolute Gasteiger partial charge is 0.460 e. The van der Waals surface area contributed by atoms with Crippen molar-refractivity contribution in [2.24, 2.45) is 5.92 Å². The first-order valence-corrected chi connectivity index (χ1v) is 12.1. The molecule has 0 spiro atoms. The number of likely N-dealkylation sites (tertiary alicyclic amines) is 1. The number of rotatable bonds is 6. The number of benzene rings is 2. The van der Waals surface area contributed by atoms with Crippen LogP contribution in [0.3, 0.4) is 0 Å². The van der Waals surface area contributed by atoms with Crippen LogP contribution in [0.15, 0.2) is 76.2 Å². The van der Waals surface area contributed by atoms with Gasteiger partial charge in [-0.1, -0.05) is 36.4 Å². The Kier molecular flexibility index (Phi) is 5.48. The van der Waals surface area contributed by atoms with Crippen molar-refractivity contribution in [1.29, 1.82) is 0 Å². The van der Waals surface area contributed by atoms with Crippen molar-refractivity contribution in [1.82, 2.24) is 14.6 Å². The third-order valence-electron chi connectivity index (χ3n) is 5.91. The van der Waals surface area contributed by atoms with Crippen LogP contribution in [0, 0.1) is 5.92 Å². The molecule has 0 unspecified atom stereocenters. The number of furan rings is 1. The third kappa shape index (κ3) is 4.35. The van der Waals surface area contributed by atoms with E-state index in [9.17, 15) is 8.42 Å². The molecule has 6 nitrogen and oxygen atoms in total. The van der Waals surface area contributed by atoms with E-state index in [0.29, 0.717) is 12.1 Å². The molecule has 1 fully saturated rings. The number of hydrogen-bond donors (Lipinski definition) is 1. The van der Waals surface area contributed by atoms with Gasteiger partial charge in [0.25, 0.3) is 0 Å². The number of aromatic nitrogens is 1. The highest BCUT2D eigenvalue weighted by Crippen LogP contribution is 2.24. The highest BCUT2D eigenvalue weighted by molar-refractivity contribution is 7.89. The Morgan fingerprint density at radius 1 is 1.06 bits per heavy atom. The van der Waals surface area contributed by atoms with Gasteiger partial charge in [0.05, 0.1) is 12.1 Å². The molecule has 1 atom stereocenters. The summed E-state index contributed by atoms with van der Waals surface area (Å²) >= 11 is 0. The van der Waals surface area contributed by atoms with Crippen molar-refractivity contribution in [3.05, 3.63) is 72.6 Å². The maximum Gasteiger partial charge on any atom is 0.242 e. The highest BCUT2D eigenvalue weighted by Gasteiger charge is 2.24. The molecule has 0 bridgehead atoms. The van der Waals surface area contributed by atoms with Gasteiger partial charge in [-0.2, -0.15) is 0 Å². The molecule has 1 N–H and O–H groups in total. The van der Waals surface area contributed by atoms with Crippen LogP contribution in [0.1, 0.15) is 18.6 Å². The Morgan fingerprint density at radius 3 is 2.81 bits per heavy atom. The number of para-hydroxylation sites is 2. The van der Waals surface area contributed by atoms with Gasteiger partial charge >= 0.3 is 0 Å². The molecule has 0 saturated carbocycles. The van der Waals surface area contributed by atoms with Gasteiger partial charge in [0.1, 0.15) is 16.2 Å². The van der Waals surface area contributed by atoms with Gasteiger partial charge < -0.3 is 4.42 Å². The summed E-state index contributed by atoms with van der Waals surface area (Å²) in [5.74, 6) is 1.21. The molecule has 0 radical (unpaired) electrons. The van der Waals surface area contributed by atoms with E-state index in [0.717, 1.165) is 54.6 Å². The van der Waals surface area contributed by atoms with E-state index in [1.54, 1.807) is 18.3 Å². The molecule has 0 aliphatic carbocycles. The number of pyridine rings is 1. The smallest absolute Gasteiger partial charge is 0.242 e. The summed E-state index contributed by atoms with van der Waals surface area (Å²) in [5, 5.41) is 1.93. The maximum absolute atomic E-state index is 13.0. The number of fused-ring (bicyclic) bond motifs is 2. The second-order valence-corrected chi connectivity index (χ2v) is 9.91. The molecule has 2 aromatic carbocycles. The molecule has 1 aliphatic rings. The van der Waals surface area contributed by atoms with E-state index in [2.05, 4.69) is 26.7 Å². The standard InChI is InChI=1S/C24H25N3O3S/c28-31(29,23-11-3-8-19-9-4-12-25-24(19)23)26-15-18-6-5-13-27(16-18)17-21-14-20-7-1-2-10-22(20)30-21/h1-4,7-12,14,18,26H,5-6,13,15-17H2/t18-/m1/s1. The molecule has 3 heterocycles. The lowest BCUT2D eigenvalue weighted by atomic mass is 9.98. The maximum atomic E-state index is 13.0. The van der Waals surface area contributed by atoms with E-state index in [-0.39, 0.29) is 10.8 Å². The third-order valence-corrected chi connectivity index (χ3v) is 7.36. The molecule has 0 amide bonds. The Balaban J connectivity index is 1.24. The summed E-state index contributed by atoms with van der Waals surface area (Å²) in [6.07, 6.45) is 3.67. The van der Waals surface area contributed by atoms with Crippen LogP contribution in [0.2, 0.25) is 0 Å². The lowest BCUT2D eigenvalue weighted by Crippen LogP contribution is -2.40. The SMILES string of the molecule is O=S(=O)(NC[C@H]1CCCN(Cc2cc3ccccc3o2)C1)c1cccc2cccnc12.